The largest absolute Gasteiger partial charge is 0.489 e. The Hall–Kier alpha value is -3.60. The van der Waals surface area contributed by atoms with Gasteiger partial charge in [0.2, 0.25) is 11.8 Å². The van der Waals surface area contributed by atoms with Crippen LogP contribution in [0.2, 0.25) is 0 Å². The standard InChI is InChI=1S/C25H26N2O3/c1-19(21-10-6-3-7-11-21)26-24(28)16-17-25(29)27-22-12-14-23(15-13-22)30-18-20-8-4-2-5-9-20/h2-15,19H,16-18H2,1H3,(H,26,28)(H,27,29)/t19-/m0/s1. The number of nitrogens with one attached hydrogen (secondary N) is 2. The molecule has 0 radical (unpaired) electrons. The monoisotopic (exact) mass is 402 g/mol. The number of benzene rings is 3. The molecule has 0 saturated heterocycles. The van der Waals surface area contributed by atoms with Gasteiger partial charge in [0.15, 0.2) is 0 Å². The summed E-state index contributed by atoms with van der Waals surface area (Å²) in [4.78, 5) is 24.3. The average molecular weight is 402 g/mol. The van der Waals surface area contributed by atoms with Gasteiger partial charge in [0.1, 0.15) is 12.4 Å². The van der Waals surface area contributed by atoms with Crippen LogP contribution in [-0.4, -0.2) is 11.8 Å². The first-order chi connectivity index (χ1) is 14.6. The van der Waals surface area contributed by atoms with Crippen molar-refractivity contribution < 1.29 is 14.3 Å². The predicted molar refractivity (Wildman–Crippen MR) is 118 cm³/mol. The maximum atomic E-state index is 12.1. The molecule has 0 aliphatic heterocycles. The van der Waals surface area contributed by atoms with Crippen LogP contribution >= 0.6 is 0 Å². The van der Waals surface area contributed by atoms with Gasteiger partial charge >= 0.3 is 0 Å². The molecule has 3 rings (SSSR count). The van der Waals surface area contributed by atoms with Gasteiger partial charge in [-0.25, -0.2) is 0 Å². The van der Waals surface area contributed by atoms with E-state index in [1.54, 1.807) is 12.1 Å². The van der Waals surface area contributed by atoms with Crippen LogP contribution in [0.15, 0.2) is 84.9 Å². The van der Waals surface area contributed by atoms with E-state index >= 15 is 0 Å². The Morgan fingerprint density at radius 2 is 1.40 bits per heavy atom. The third-order valence-corrected chi connectivity index (χ3v) is 4.64. The molecular weight excluding hydrogens is 376 g/mol. The maximum absolute atomic E-state index is 12.1. The van der Waals surface area contributed by atoms with Crippen molar-refractivity contribution in [3.63, 3.8) is 0 Å². The van der Waals surface area contributed by atoms with Crippen molar-refractivity contribution >= 4 is 17.5 Å². The van der Waals surface area contributed by atoms with Crippen LogP contribution in [0.25, 0.3) is 0 Å². The Kier molecular flexibility index (Phi) is 7.61. The van der Waals surface area contributed by atoms with Gasteiger partial charge < -0.3 is 15.4 Å². The molecule has 2 N–H and O–H groups in total. The maximum Gasteiger partial charge on any atom is 0.224 e. The SMILES string of the molecule is C[C@H](NC(=O)CCC(=O)Nc1ccc(OCc2ccccc2)cc1)c1ccccc1. The number of hydrogen-bond acceptors (Lipinski definition) is 3. The van der Waals surface area contributed by atoms with Crippen molar-refractivity contribution in [2.75, 3.05) is 5.32 Å². The molecule has 0 spiro atoms. The highest BCUT2D eigenvalue weighted by molar-refractivity contribution is 5.93. The van der Waals surface area contributed by atoms with Crippen LogP contribution < -0.4 is 15.4 Å². The van der Waals surface area contributed by atoms with Crippen LogP contribution in [0.3, 0.4) is 0 Å². The molecule has 154 valence electrons. The summed E-state index contributed by atoms with van der Waals surface area (Å²) in [6.45, 7) is 2.41. The highest BCUT2D eigenvalue weighted by Gasteiger charge is 2.11. The van der Waals surface area contributed by atoms with Gasteiger partial charge in [-0.2, -0.15) is 0 Å². The lowest BCUT2D eigenvalue weighted by molar-refractivity contribution is -0.124. The van der Waals surface area contributed by atoms with Crippen LogP contribution in [0.5, 0.6) is 5.75 Å². The van der Waals surface area contributed by atoms with Crippen molar-refractivity contribution in [3.8, 4) is 5.75 Å². The summed E-state index contributed by atoms with van der Waals surface area (Å²) in [7, 11) is 0. The van der Waals surface area contributed by atoms with E-state index in [1.165, 1.54) is 0 Å². The second-order valence-corrected chi connectivity index (χ2v) is 7.05. The molecule has 0 aliphatic carbocycles. The second kappa shape index (κ2) is 10.8. The molecule has 0 aliphatic rings. The Balaban J connectivity index is 1.39. The van der Waals surface area contributed by atoms with Crippen molar-refractivity contribution in [2.45, 2.75) is 32.4 Å². The molecule has 1 atom stereocenters. The van der Waals surface area contributed by atoms with Crippen molar-refractivity contribution in [1.82, 2.24) is 5.32 Å². The molecule has 0 bridgehead atoms. The highest BCUT2D eigenvalue weighted by atomic mass is 16.5. The zero-order chi connectivity index (χ0) is 21.2. The summed E-state index contributed by atoms with van der Waals surface area (Å²) in [6.07, 6.45) is 0.265. The number of anilines is 1. The van der Waals surface area contributed by atoms with Crippen LogP contribution in [0.1, 0.15) is 36.9 Å². The summed E-state index contributed by atoms with van der Waals surface area (Å²) >= 11 is 0. The molecule has 0 fully saturated rings. The summed E-state index contributed by atoms with van der Waals surface area (Å²) in [5.74, 6) is 0.382. The molecule has 3 aromatic rings. The van der Waals surface area contributed by atoms with Gasteiger partial charge in [-0.3, -0.25) is 9.59 Å². The van der Waals surface area contributed by atoms with Crippen LogP contribution in [0.4, 0.5) is 5.69 Å². The van der Waals surface area contributed by atoms with Gasteiger partial charge in [-0.15, -0.1) is 0 Å². The number of amides is 2. The third-order valence-electron chi connectivity index (χ3n) is 4.64. The van der Waals surface area contributed by atoms with E-state index in [1.807, 2.05) is 79.7 Å². The summed E-state index contributed by atoms with van der Waals surface area (Å²) < 4.78 is 5.74. The topological polar surface area (TPSA) is 67.4 Å². The molecule has 3 aromatic carbocycles. The molecular formula is C25H26N2O3. The Labute approximate surface area is 177 Å². The highest BCUT2D eigenvalue weighted by Crippen LogP contribution is 2.17. The van der Waals surface area contributed by atoms with Gasteiger partial charge in [0.05, 0.1) is 6.04 Å². The quantitative estimate of drug-likeness (QED) is 0.537. The molecule has 0 heterocycles. The van der Waals surface area contributed by atoms with E-state index in [-0.39, 0.29) is 30.7 Å². The number of hydrogen-bond donors (Lipinski definition) is 2. The molecule has 30 heavy (non-hydrogen) atoms. The van der Waals surface area contributed by atoms with Crippen LogP contribution in [0, 0.1) is 0 Å². The van der Waals surface area contributed by atoms with Crippen molar-refractivity contribution in [3.05, 3.63) is 96.1 Å². The molecule has 0 unspecified atom stereocenters. The zero-order valence-electron chi connectivity index (χ0n) is 17.0. The third kappa shape index (κ3) is 6.78. The van der Waals surface area contributed by atoms with E-state index < -0.39 is 0 Å². The van der Waals surface area contributed by atoms with Gasteiger partial charge in [0, 0.05) is 18.5 Å². The lowest BCUT2D eigenvalue weighted by atomic mass is 10.1. The normalized spacial score (nSPS) is 11.4. The summed E-state index contributed by atoms with van der Waals surface area (Å²) in [6, 6.07) is 26.8. The Morgan fingerprint density at radius 3 is 2.07 bits per heavy atom. The zero-order valence-corrected chi connectivity index (χ0v) is 17.0. The first-order valence-electron chi connectivity index (χ1n) is 10.0. The average Bonchev–Trinajstić information content (AvgIpc) is 2.78. The Morgan fingerprint density at radius 1 is 0.800 bits per heavy atom. The minimum atomic E-state index is -0.199. The molecule has 5 nitrogen and oxygen atoms in total. The van der Waals surface area contributed by atoms with E-state index in [4.69, 9.17) is 4.74 Å². The summed E-state index contributed by atoms with van der Waals surface area (Å²) in [5.41, 5.74) is 2.80. The molecule has 0 saturated carbocycles. The van der Waals surface area contributed by atoms with E-state index in [2.05, 4.69) is 10.6 Å². The fourth-order valence-electron chi connectivity index (χ4n) is 2.96. The lowest BCUT2D eigenvalue weighted by Crippen LogP contribution is -2.27. The Bertz CT molecular complexity index is 941. The first kappa shape index (κ1) is 21.1. The van der Waals surface area contributed by atoms with Crippen molar-refractivity contribution in [2.24, 2.45) is 0 Å². The second-order valence-electron chi connectivity index (χ2n) is 7.05. The van der Waals surface area contributed by atoms with Gasteiger partial charge in [-0.1, -0.05) is 60.7 Å². The predicted octanol–water partition coefficient (Wildman–Crippen LogP) is 4.86. The minimum Gasteiger partial charge on any atom is -0.489 e. The van der Waals surface area contributed by atoms with Crippen molar-refractivity contribution in [1.29, 1.82) is 0 Å². The number of rotatable bonds is 9. The van der Waals surface area contributed by atoms with Gasteiger partial charge in [0.25, 0.3) is 0 Å². The fraction of sp³-hybridized carbons (Fsp3) is 0.200. The summed E-state index contributed by atoms with van der Waals surface area (Å²) in [5, 5.41) is 5.72. The van der Waals surface area contributed by atoms with Crippen LogP contribution in [-0.2, 0) is 16.2 Å². The fourth-order valence-corrected chi connectivity index (χ4v) is 2.96. The number of ether oxygens (including phenoxy) is 1. The van der Waals surface area contributed by atoms with E-state index in [0.29, 0.717) is 12.3 Å². The smallest absolute Gasteiger partial charge is 0.224 e. The molecule has 5 heteroatoms. The van der Waals surface area contributed by atoms with Gasteiger partial charge in [-0.05, 0) is 42.3 Å². The lowest BCUT2D eigenvalue weighted by Gasteiger charge is -2.14. The number of carbonyl (C=O) groups excluding carboxylic acids is 2. The molecule has 0 aromatic heterocycles. The number of carbonyl (C=O) groups is 2. The van der Waals surface area contributed by atoms with E-state index in [9.17, 15) is 9.59 Å². The first-order valence-corrected chi connectivity index (χ1v) is 10.0. The minimum absolute atomic E-state index is 0.0924. The molecule has 2 amide bonds. The van der Waals surface area contributed by atoms with E-state index in [0.717, 1.165) is 16.9 Å².